The Hall–Kier alpha value is -1.59. The van der Waals surface area contributed by atoms with Crippen LogP contribution in [0.1, 0.15) is 25.5 Å². The van der Waals surface area contributed by atoms with Crippen molar-refractivity contribution in [1.82, 2.24) is 14.7 Å². The molecule has 0 saturated heterocycles. The summed E-state index contributed by atoms with van der Waals surface area (Å²) in [7, 11) is 3.83. The Morgan fingerprint density at radius 1 is 1.48 bits per heavy atom. The fraction of sp³-hybridized carbons (Fsp3) is 0.562. The van der Waals surface area contributed by atoms with Crippen LogP contribution in [-0.2, 0) is 11.3 Å². The second kappa shape index (κ2) is 6.03. The Morgan fingerprint density at radius 2 is 2.29 bits per heavy atom. The highest BCUT2D eigenvalue weighted by Gasteiger charge is 2.24. The maximum absolute atomic E-state index is 5.28. The van der Waals surface area contributed by atoms with Crippen molar-refractivity contribution in [3.05, 3.63) is 30.1 Å². The van der Waals surface area contributed by atoms with Crippen molar-refractivity contribution < 1.29 is 4.74 Å². The van der Waals surface area contributed by atoms with Crippen LogP contribution >= 0.6 is 0 Å². The fourth-order valence-electron chi connectivity index (χ4n) is 2.57. The molecule has 1 fully saturated rings. The number of likely N-dealkylation sites (N-methyl/N-ethyl adjacent to an activating group) is 1. The topological polar surface area (TPSA) is 41.8 Å². The second-order valence-electron chi connectivity index (χ2n) is 5.88. The molecule has 1 unspecified atom stereocenters. The lowest BCUT2D eigenvalue weighted by molar-refractivity contribution is 0.183. The van der Waals surface area contributed by atoms with Gasteiger partial charge in [-0.1, -0.05) is 6.07 Å². The van der Waals surface area contributed by atoms with Crippen molar-refractivity contribution in [1.29, 1.82) is 0 Å². The van der Waals surface area contributed by atoms with Crippen LogP contribution in [0.4, 0.5) is 5.82 Å². The molecule has 1 atom stereocenters. The number of pyridine rings is 1. The minimum Gasteiger partial charge on any atom is -0.383 e. The number of hydrogen-bond donors (Lipinski definition) is 1. The number of hydrogen-bond acceptors (Lipinski definition) is 4. The molecule has 1 N–H and O–H groups in total. The summed E-state index contributed by atoms with van der Waals surface area (Å²) in [4.78, 5) is 7.02. The Balaban J connectivity index is 1.92. The molecule has 2 aromatic rings. The van der Waals surface area contributed by atoms with Gasteiger partial charge in [0.25, 0.3) is 0 Å². The largest absolute Gasteiger partial charge is 0.383 e. The minimum absolute atomic E-state index is 0.291. The monoisotopic (exact) mass is 288 g/mol. The number of nitrogens with zero attached hydrogens (tertiary/aromatic N) is 3. The number of nitrogens with one attached hydrogen (secondary N) is 1. The highest BCUT2D eigenvalue weighted by molar-refractivity contribution is 5.56. The zero-order chi connectivity index (χ0) is 14.8. The van der Waals surface area contributed by atoms with Gasteiger partial charge in [-0.3, -0.25) is 0 Å². The van der Waals surface area contributed by atoms with E-state index in [2.05, 4.69) is 46.9 Å². The summed E-state index contributed by atoms with van der Waals surface area (Å²) in [6.45, 7) is 3.71. The van der Waals surface area contributed by atoms with Crippen LogP contribution in [-0.4, -0.2) is 42.2 Å². The molecule has 0 spiro atoms. The SMILES string of the molecule is COCC(C)N(C)c1nc2ccccn2c1CNC1CC1. The molecule has 0 bridgehead atoms. The molecule has 5 heteroatoms. The maximum Gasteiger partial charge on any atom is 0.152 e. The van der Waals surface area contributed by atoms with Gasteiger partial charge in [0.15, 0.2) is 5.82 Å². The van der Waals surface area contributed by atoms with E-state index in [-0.39, 0.29) is 0 Å². The molecule has 2 heterocycles. The Bertz CT molecular complexity index is 605. The van der Waals surface area contributed by atoms with Gasteiger partial charge in [-0.05, 0) is 31.9 Å². The summed E-state index contributed by atoms with van der Waals surface area (Å²) in [6, 6.07) is 7.12. The highest BCUT2D eigenvalue weighted by Crippen LogP contribution is 2.25. The van der Waals surface area contributed by atoms with Crippen molar-refractivity contribution in [2.24, 2.45) is 0 Å². The molecular formula is C16H24N4O. The maximum atomic E-state index is 5.28. The molecule has 0 radical (unpaired) electrons. The van der Waals surface area contributed by atoms with Crippen LogP contribution in [0.2, 0.25) is 0 Å². The molecule has 2 aromatic heterocycles. The van der Waals surface area contributed by atoms with Crippen LogP contribution in [0.15, 0.2) is 24.4 Å². The molecule has 21 heavy (non-hydrogen) atoms. The lowest BCUT2D eigenvalue weighted by Crippen LogP contribution is -2.34. The number of aromatic nitrogens is 2. The molecule has 1 saturated carbocycles. The van der Waals surface area contributed by atoms with Gasteiger partial charge in [-0.2, -0.15) is 0 Å². The fourth-order valence-corrected chi connectivity index (χ4v) is 2.57. The summed E-state index contributed by atoms with van der Waals surface area (Å²) in [5, 5.41) is 3.60. The molecule has 0 amide bonds. The molecule has 5 nitrogen and oxygen atoms in total. The zero-order valence-corrected chi connectivity index (χ0v) is 13.0. The Labute approximate surface area is 125 Å². The molecule has 0 aromatic carbocycles. The van der Waals surface area contributed by atoms with Crippen molar-refractivity contribution in [2.45, 2.75) is 38.4 Å². The predicted molar refractivity (Wildman–Crippen MR) is 84.8 cm³/mol. The van der Waals surface area contributed by atoms with Crippen LogP contribution in [0.25, 0.3) is 5.65 Å². The average Bonchev–Trinajstić information content (AvgIpc) is 3.25. The van der Waals surface area contributed by atoms with Crippen LogP contribution in [0.3, 0.4) is 0 Å². The van der Waals surface area contributed by atoms with E-state index in [1.165, 1.54) is 18.5 Å². The van der Waals surface area contributed by atoms with Crippen LogP contribution in [0.5, 0.6) is 0 Å². The first kappa shape index (κ1) is 14.4. The minimum atomic E-state index is 0.291. The van der Waals surface area contributed by atoms with Crippen molar-refractivity contribution in [3.63, 3.8) is 0 Å². The van der Waals surface area contributed by atoms with E-state index in [4.69, 9.17) is 9.72 Å². The van der Waals surface area contributed by atoms with Gasteiger partial charge in [-0.25, -0.2) is 4.98 Å². The summed E-state index contributed by atoms with van der Waals surface area (Å²) < 4.78 is 7.46. The summed E-state index contributed by atoms with van der Waals surface area (Å²) in [5.41, 5.74) is 2.22. The van der Waals surface area contributed by atoms with E-state index in [0.717, 1.165) is 18.0 Å². The van der Waals surface area contributed by atoms with E-state index in [0.29, 0.717) is 18.7 Å². The number of imidazole rings is 1. The molecule has 1 aliphatic carbocycles. The van der Waals surface area contributed by atoms with Gasteiger partial charge in [0.05, 0.1) is 18.3 Å². The molecule has 114 valence electrons. The molecular weight excluding hydrogens is 264 g/mol. The summed E-state index contributed by atoms with van der Waals surface area (Å²) in [5.74, 6) is 1.04. The van der Waals surface area contributed by atoms with E-state index in [1.54, 1.807) is 7.11 Å². The molecule has 3 rings (SSSR count). The van der Waals surface area contributed by atoms with Gasteiger partial charge in [0.2, 0.25) is 0 Å². The smallest absolute Gasteiger partial charge is 0.152 e. The van der Waals surface area contributed by atoms with E-state index >= 15 is 0 Å². The number of fused-ring (bicyclic) bond motifs is 1. The van der Waals surface area contributed by atoms with Crippen molar-refractivity contribution in [2.75, 3.05) is 25.7 Å². The van der Waals surface area contributed by atoms with Crippen LogP contribution < -0.4 is 10.2 Å². The second-order valence-corrected chi connectivity index (χ2v) is 5.88. The third kappa shape index (κ3) is 3.04. The lowest BCUT2D eigenvalue weighted by atomic mass is 10.3. The van der Waals surface area contributed by atoms with E-state index in [1.807, 2.05) is 6.07 Å². The number of ether oxygens (including phenoxy) is 1. The highest BCUT2D eigenvalue weighted by atomic mass is 16.5. The van der Waals surface area contributed by atoms with E-state index < -0.39 is 0 Å². The number of methoxy groups -OCH3 is 1. The standard InChI is InChI=1S/C16H24N4O/c1-12(11-21-3)19(2)16-14(10-17-13-7-8-13)20-9-5-4-6-15(20)18-16/h4-6,9,12-13,17H,7-8,10-11H2,1-3H3. The Morgan fingerprint density at radius 3 is 3.00 bits per heavy atom. The third-order valence-electron chi connectivity index (χ3n) is 4.15. The van der Waals surface area contributed by atoms with E-state index in [9.17, 15) is 0 Å². The lowest BCUT2D eigenvalue weighted by Gasteiger charge is -2.25. The average molecular weight is 288 g/mol. The zero-order valence-electron chi connectivity index (χ0n) is 13.0. The summed E-state index contributed by atoms with van der Waals surface area (Å²) >= 11 is 0. The van der Waals surface area contributed by atoms with Crippen molar-refractivity contribution in [3.8, 4) is 0 Å². The van der Waals surface area contributed by atoms with Gasteiger partial charge < -0.3 is 19.4 Å². The van der Waals surface area contributed by atoms with Crippen molar-refractivity contribution >= 4 is 11.5 Å². The van der Waals surface area contributed by atoms with Gasteiger partial charge >= 0.3 is 0 Å². The molecule has 0 aliphatic heterocycles. The predicted octanol–water partition coefficient (Wildman–Crippen LogP) is 2.06. The molecule has 1 aliphatic rings. The number of anilines is 1. The van der Waals surface area contributed by atoms with Gasteiger partial charge in [0, 0.05) is 32.9 Å². The first-order valence-corrected chi connectivity index (χ1v) is 7.62. The van der Waals surface area contributed by atoms with Crippen LogP contribution in [0, 0.1) is 0 Å². The van der Waals surface area contributed by atoms with Gasteiger partial charge in [-0.15, -0.1) is 0 Å². The summed E-state index contributed by atoms with van der Waals surface area (Å²) in [6.07, 6.45) is 4.68. The first-order chi connectivity index (χ1) is 10.2. The number of rotatable bonds is 7. The third-order valence-corrected chi connectivity index (χ3v) is 4.15. The normalized spacial score (nSPS) is 16.3. The van der Waals surface area contributed by atoms with Gasteiger partial charge in [0.1, 0.15) is 5.65 Å². The Kier molecular flexibility index (Phi) is 4.12. The quantitative estimate of drug-likeness (QED) is 0.847. The first-order valence-electron chi connectivity index (χ1n) is 7.62.